The summed E-state index contributed by atoms with van der Waals surface area (Å²) in [6.07, 6.45) is 7.30. The maximum Gasteiger partial charge on any atom is 0.331 e. The Morgan fingerprint density at radius 1 is 1.34 bits per heavy atom. The van der Waals surface area contributed by atoms with Gasteiger partial charge in [0.15, 0.2) is 0 Å². The first-order valence-corrected chi connectivity index (χ1v) is 10.0. The van der Waals surface area contributed by atoms with Crippen molar-refractivity contribution in [1.82, 2.24) is 14.5 Å². The van der Waals surface area contributed by atoms with Crippen molar-refractivity contribution in [2.45, 2.75) is 18.9 Å². The van der Waals surface area contributed by atoms with E-state index in [1.54, 1.807) is 18.6 Å². The van der Waals surface area contributed by atoms with E-state index in [0.29, 0.717) is 22.2 Å². The standard InChI is InChI=1S/C20H20Cl2N4O3/c1-28-18(27)11-29-10-13-3-2-7-26(13)17-9-16(25-8-6-23-12-25)14-4-5-15(21)19(22)20(14)24-17/h4-6,8-9,12-13H,2-3,7,10-11H2,1H3/t13-/m0/s1. The van der Waals surface area contributed by atoms with Crippen LogP contribution in [0.25, 0.3) is 16.6 Å². The van der Waals surface area contributed by atoms with Gasteiger partial charge in [-0.25, -0.2) is 14.8 Å². The van der Waals surface area contributed by atoms with Gasteiger partial charge in [0.2, 0.25) is 0 Å². The fourth-order valence-corrected chi connectivity index (χ4v) is 3.97. The number of hydrogen-bond donors (Lipinski definition) is 0. The van der Waals surface area contributed by atoms with Gasteiger partial charge in [0.05, 0.1) is 47.3 Å². The van der Waals surface area contributed by atoms with Crippen LogP contribution in [-0.4, -0.2) is 53.4 Å². The van der Waals surface area contributed by atoms with Gasteiger partial charge in [-0.15, -0.1) is 0 Å². The fraction of sp³-hybridized carbons (Fsp3) is 0.350. The van der Waals surface area contributed by atoms with Crippen LogP contribution in [0.3, 0.4) is 0 Å². The summed E-state index contributed by atoms with van der Waals surface area (Å²) in [6, 6.07) is 5.81. The quantitative estimate of drug-likeness (QED) is 0.548. The second-order valence-electron chi connectivity index (χ2n) is 6.81. The maximum absolute atomic E-state index is 11.3. The number of esters is 1. The topological polar surface area (TPSA) is 69.5 Å². The van der Waals surface area contributed by atoms with Gasteiger partial charge in [-0.05, 0) is 25.0 Å². The van der Waals surface area contributed by atoms with Gasteiger partial charge < -0.3 is 18.9 Å². The number of nitrogens with zero attached hydrogens (tertiary/aromatic N) is 4. The monoisotopic (exact) mass is 434 g/mol. The molecule has 0 aliphatic carbocycles. The molecule has 0 N–H and O–H groups in total. The molecule has 3 heterocycles. The van der Waals surface area contributed by atoms with Crippen molar-refractivity contribution < 1.29 is 14.3 Å². The number of pyridine rings is 1. The zero-order valence-corrected chi connectivity index (χ0v) is 17.4. The third kappa shape index (κ3) is 4.03. The van der Waals surface area contributed by atoms with Crippen LogP contribution in [0.4, 0.5) is 5.82 Å². The maximum atomic E-state index is 11.3. The van der Waals surface area contributed by atoms with Gasteiger partial charge >= 0.3 is 5.97 Å². The van der Waals surface area contributed by atoms with Gasteiger partial charge in [-0.2, -0.15) is 0 Å². The number of halogens is 2. The molecule has 1 fully saturated rings. The number of ether oxygens (including phenoxy) is 2. The first-order chi connectivity index (χ1) is 14.1. The van der Waals surface area contributed by atoms with Crippen molar-refractivity contribution in [3.63, 3.8) is 0 Å². The van der Waals surface area contributed by atoms with Gasteiger partial charge in [-0.1, -0.05) is 23.2 Å². The summed E-state index contributed by atoms with van der Waals surface area (Å²) in [4.78, 5) is 22.5. The van der Waals surface area contributed by atoms with E-state index in [9.17, 15) is 4.79 Å². The van der Waals surface area contributed by atoms with E-state index in [1.165, 1.54) is 7.11 Å². The molecule has 9 heteroatoms. The van der Waals surface area contributed by atoms with Crippen LogP contribution >= 0.6 is 23.2 Å². The normalized spacial score (nSPS) is 16.5. The van der Waals surface area contributed by atoms with E-state index in [-0.39, 0.29) is 18.6 Å². The summed E-state index contributed by atoms with van der Waals surface area (Å²) in [5.74, 6) is 0.400. The number of hydrogen-bond acceptors (Lipinski definition) is 6. The largest absolute Gasteiger partial charge is 0.467 e. The third-order valence-corrected chi connectivity index (χ3v) is 5.84. The van der Waals surface area contributed by atoms with Crippen LogP contribution in [0, 0.1) is 0 Å². The van der Waals surface area contributed by atoms with Crippen LogP contribution in [0.5, 0.6) is 0 Å². The van der Waals surface area contributed by atoms with Crippen LogP contribution < -0.4 is 4.90 Å². The Bertz CT molecular complexity index is 1030. The minimum absolute atomic E-state index is 0.0618. The predicted molar refractivity (Wildman–Crippen MR) is 112 cm³/mol. The first-order valence-electron chi connectivity index (χ1n) is 9.26. The van der Waals surface area contributed by atoms with Crippen molar-refractivity contribution in [1.29, 1.82) is 0 Å². The molecule has 0 saturated carbocycles. The molecule has 1 aliphatic heterocycles. The highest BCUT2D eigenvalue weighted by atomic mass is 35.5. The lowest BCUT2D eigenvalue weighted by atomic mass is 10.1. The molecule has 0 unspecified atom stereocenters. The molecular weight excluding hydrogens is 415 g/mol. The lowest BCUT2D eigenvalue weighted by Crippen LogP contribution is -2.34. The number of carbonyl (C=O) groups excluding carboxylic acids is 1. The highest BCUT2D eigenvalue weighted by Crippen LogP contribution is 2.36. The number of imidazole rings is 1. The van der Waals surface area contributed by atoms with E-state index in [4.69, 9.17) is 32.9 Å². The Morgan fingerprint density at radius 2 is 2.21 bits per heavy atom. The molecule has 1 saturated heterocycles. The predicted octanol–water partition coefficient (Wildman–Crippen LogP) is 3.89. The molecule has 3 aromatic rings. The molecule has 152 valence electrons. The Balaban J connectivity index is 1.71. The smallest absolute Gasteiger partial charge is 0.331 e. The lowest BCUT2D eigenvalue weighted by molar-refractivity contribution is -0.146. The van der Waals surface area contributed by atoms with E-state index in [1.807, 2.05) is 22.9 Å². The van der Waals surface area contributed by atoms with Crippen molar-refractivity contribution >= 4 is 45.9 Å². The second kappa shape index (κ2) is 8.57. The number of methoxy groups -OCH3 is 1. The number of anilines is 1. The van der Waals surface area contributed by atoms with Gasteiger partial charge in [0, 0.05) is 30.4 Å². The van der Waals surface area contributed by atoms with Crippen molar-refractivity contribution in [2.75, 3.05) is 31.8 Å². The summed E-state index contributed by atoms with van der Waals surface area (Å²) in [7, 11) is 1.35. The molecule has 2 aromatic heterocycles. The molecule has 1 atom stereocenters. The van der Waals surface area contributed by atoms with Crippen LogP contribution in [0.2, 0.25) is 10.0 Å². The first kappa shape index (κ1) is 19.9. The Morgan fingerprint density at radius 3 is 2.97 bits per heavy atom. The molecular formula is C20H20Cl2N4O3. The highest BCUT2D eigenvalue weighted by Gasteiger charge is 2.27. The summed E-state index contributed by atoms with van der Waals surface area (Å²) in [5.41, 5.74) is 1.56. The van der Waals surface area contributed by atoms with E-state index < -0.39 is 0 Å². The molecule has 0 radical (unpaired) electrons. The molecule has 4 rings (SSSR count). The van der Waals surface area contributed by atoms with E-state index >= 15 is 0 Å². The zero-order valence-electron chi connectivity index (χ0n) is 15.8. The van der Waals surface area contributed by atoms with Crippen LogP contribution in [0.15, 0.2) is 36.9 Å². The number of rotatable bonds is 6. The molecule has 29 heavy (non-hydrogen) atoms. The second-order valence-corrected chi connectivity index (χ2v) is 7.59. The van der Waals surface area contributed by atoms with E-state index in [0.717, 1.165) is 36.3 Å². The molecule has 7 nitrogen and oxygen atoms in total. The average Bonchev–Trinajstić information content (AvgIpc) is 3.42. The molecule has 0 spiro atoms. The summed E-state index contributed by atoms with van der Waals surface area (Å²) >= 11 is 12.7. The number of carbonyl (C=O) groups is 1. The average molecular weight is 435 g/mol. The molecule has 1 aliphatic rings. The van der Waals surface area contributed by atoms with Crippen LogP contribution in [-0.2, 0) is 14.3 Å². The minimum Gasteiger partial charge on any atom is -0.467 e. The van der Waals surface area contributed by atoms with Gasteiger partial charge in [0.1, 0.15) is 12.4 Å². The summed E-state index contributed by atoms with van der Waals surface area (Å²) in [6.45, 7) is 1.19. The Kier molecular flexibility index (Phi) is 5.89. The Hall–Kier alpha value is -2.35. The SMILES string of the molecule is COC(=O)COC[C@@H]1CCCN1c1cc(-n2ccnc2)c2ccc(Cl)c(Cl)c2n1. The number of aromatic nitrogens is 3. The summed E-state index contributed by atoms with van der Waals surface area (Å²) in [5, 5.41) is 1.77. The molecule has 1 aromatic carbocycles. The van der Waals surface area contributed by atoms with Gasteiger partial charge in [-0.3, -0.25) is 0 Å². The number of fused-ring (bicyclic) bond motifs is 1. The highest BCUT2D eigenvalue weighted by molar-refractivity contribution is 6.45. The summed E-state index contributed by atoms with van der Waals surface area (Å²) < 4.78 is 12.1. The lowest BCUT2D eigenvalue weighted by Gasteiger charge is -2.26. The van der Waals surface area contributed by atoms with Crippen molar-refractivity contribution in [3.05, 3.63) is 47.0 Å². The Labute approximate surface area is 178 Å². The number of benzene rings is 1. The van der Waals surface area contributed by atoms with Crippen LogP contribution in [0.1, 0.15) is 12.8 Å². The minimum atomic E-state index is -0.387. The molecule has 0 bridgehead atoms. The van der Waals surface area contributed by atoms with Crippen molar-refractivity contribution in [2.24, 2.45) is 0 Å². The van der Waals surface area contributed by atoms with Crippen molar-refractivity contribution in [3.8, 4) is 5.69 Å². The third-order valence-electron chi connectivity index (χ3n) is 5.05. The van der Waals surface area contributed by atoms with E-state index in [2.05, 4.69) is 14.6 Å². The zero-order chi connectivity index (χ0) is 20.4. The fourth-order valence-electron chi connectivity index (χ4n) is 3.61. The molecule has 0 amide bonds. The van der Waals surface area contributed by atoms with Gasteiger partial charge in [0.25, 0.3) is 0 Å².